The van der Waals surface area contributed by atoms with Gasteiger partial charge in [-0.15, -0.1) is 0 Å². The SMILES string of the molecule is COC(=O)c1cc(N)ccc1OCCCC(C)(C)C#N. The minimum Gasteiger partial charge on any atom is -0.493 e. The molecule has 0 saturated carbocycles. The van der Waals surface area contributed by atoms with Crippen LogP contribution in [0, 0.1) is 16.7 Å². The minimum atomic E-state index is -0.482. The van der Waals surface area contributed by atoms with Crippen LogP contribution in [0.3, 0.4) is 0 Å². The molecule has 20 heavy (non-hydrogen) atoms. The molecule has 2 N–H and O–H groups in total. The molecule has 0 bridgehead atoms. The van der Waals surface area contributed by atoms with Crippen molar-refractivity contribution >= 4 is 11.7 Å². The molecule has 0 fully saturated rings. The number of benzene rings is 1. The van der Waals surface area contributed by atoms with E-state index in [0.29, 0.717) is 23.6 Å². The number of anilines is 1. The molecular weight excluding hydrogens is 256 g/mol. The van der Waals surface area contributed by atoms with Gasteiger partial charge in [0.2, 0.25) is 0 Å². The fourth-order valence-electron chi connectivity index (χ4n) is 1.70. The number of esters is 1. The molecule has 0 aliphatic heterocycles. The van der Waals surface area contributed by atoms with Crippen molar-refractivity contribution in [3.05, 3.63) is 23.8 Å². The van der Waals surface area contributed by atoms with Gasteiger partial charge < -0.3 is 15.2 Å². The number of ether oxygens (including phenoxy) is 2. The summed E-state index contributed by atoms with van der Waals surface area (Å²) in [6.45, 7) is 4.20. The van der Waals surface area contributed by atoms with Crippen molar-refractivity contribution in [3.8, 4) is 11.8 Å². The number of nitriles is 1. The Kier molecular flexibility index (Phi) is 5.39. The molecule has 0 aliphatic carbocycles. The molecule has 1 rings (SSSR count). The second-order valence-electron chi connectivity index (χ2n) is 5.19. The predicted octanol–water partition coefficient (Wildman–Crippen LogP) is 2.76. The maximum atomic E-state index is 11.6. The fraction of sp³-hybridized carbons (Fsp3) is 0.467. The number of nitrogen functional groups attached to an aromatic ring is 1. The summed E-state index contributed by atoms with van der Waals surface area (Å²) in [6.07, 6.45) is 1.46. The molecule has 0 heterocycles. The maximum absolute atomic E-state index is 11.6. The van der Waals surface area contributed by atoms with Gasteiger partial charge >= 0.3 is 5.97 Å². The molecule has 0 atom stereocenters. The molecule has 0 radical (unpaired) electrons. The van der Waals surface area contributed by atoms with Crippen molar-refractivity contribution in [1.29, 1.82) is 5.26 Å². The van der Waals surface area contributed by atoms with E-state index in [1.165, 1.54) is 13.2 Å². The van der Waals surface area contributed by atoms with Crippen LogP contribution in [-0.2, 0) is 4.74 Å². The van der Waals surface area contributed by atoms with Gasteiger partial charge in [-0.2, -0.15) is 5.26 Å². The lowest BCUT2D eigenvalue weighted by Crippen LogP contribution is -2.11. The Morgan fingerprint density at radius 2 is 2.15 bits per heavy atom. The number of nitrogens with two attached hydrogens (primary N) is 1. The summed E-state index contributed by atoms with van der Waals surface area (Å²) in [4.78, 5) is 11.6. The van der Waals surface area contributed by atoms with Crippen LogP contribution in [0.5, 0.6) is 5.75 Å². The van der Waals surface area contributed by atoms with E-state index in [4.69, 9.17) is 20.5 Å². The lowest BCUT2D eigenvalue weighted by molar-refractivity contribution is 0.0596. The largest absolute Gasteiger partial charge is 0.493 e. The molecule has 5 nitrogen and oxygen atoms in total. The Hall–Kier alpha value is -2.22. The van der Waals surface area contributed by atoms with E-state index in [1.807, 2.05) is 13.8 Å². The lowest BCUT2D eigenvalue weighted by atomic mass is 9.90. The molecule has 0 aromatic heterocycles. The van der Waals surface area contributed by atoms with Crippen LogP contribution < -0.4 is 10.5 Å². The van der Waals surface area contributed by atoms with Crippen molar-refractivity contribution in [2.45, 2.75) is 26.7 Å². The Morgan fingerprint density at radius 1 is 1.45 bits per heavy atom. The van der Waals surface area contributed by atoms with E-state index in [9.17, 15) is 4.79 Å². The van der Waals surface area contributed by atoms with E-state index < -0.39 is 5.97 Å². The number of nitrogens with zero attached hydrogens (tertiary/aromatic N) is 1. The summed E-state index contributed by atoms with van der Waals surface area (Å²) < 4.78 is 10.3. The summed E-state index contributed by atoms with van der Waals surface area (Å²) >= 11 is 0. The molecule has 0 spiro atoms. The average molecular weight is 276 g/mol. The Labute approximate surface area is 119 Å². The molecular formula is C15H20N2O3. The van der Waals surface area contributed by atoms with Crippen molar-refractivity contribution in [2.24, 2.45) is 5.41 Å². The Balaban J connectivity index is 2.65. The number of rotatable bonds is 6. The topological polar surface area (TPSA) is 85.3 Å². The van der Waals surface area contributed by atoms with Crippen molar-refractivity contribution in [2.75, 3.05) is 19.5 Å². The van der Waals surface area contributed by atoms with Gasteiger partial charge in [-0.25, -0.2) is 4.79 Å². The Morgan fingerprint density at radius 3 is 2.75 bits per heavy atom. The van der Waals surface area contributed by atoms with Gasteiger partial charge in [0.05, 0.1) is 25.2 Å². The van der Waals surface area contributed by atoms with Gasteiger partial charge in [-0.1, -0.05) is 0 Å². The maximum Gasteiger partial charge on any atom is 0.341 e. The Bertz CT molecular complexity index is 518. The van der Waals surface area contributed by atoms with Gasteiger partial charge in [0.1, 0.15) is 11.3 Å². The molecule has 1 aromatic carbocycles. The highest BCUT2D eigenvalue weighted by Crippen LogP contribution is 2.24. The zero-order valence-corrected chi connectivity index (χ0v) is 12.1. The number of carbonyl (C=O) groups excluding carboxylic acids is 1. The summed E-state index contributed by atoms with van der Waals surface area (Å²) in [7, 11) is 1.31. The number of methoxy groups -OCH3 is 1. The highest BCUT2D eigenvalue weighted by molar-refractivity contribution is 5.93. The van der Waals surface area contributed by atoms with Crippen LogP contribution >= 0.6 is 0 Å². The highest BCUT2D eigenvalue weighted by atomic mass is 16.5. The molecule has 108 valence electrons. The smallest absolute Gasteiger partial charge is 0.341 e. The van der Waals surface area contributed by atoms with Crippen LogP contribution in [0.4, 0.5) is 5.69 Å². The fourth-order valence-corrected chi connectivity index (χ4v) is 1.70. The molecule has 0 aliphatic rings. The van der Waals surface area contributed by atoms with Gasteiger partial charge in [-0.05, 0) is 44.9 Å². The van der Waals surface area contributed by atoms with E-state index in [1.54, 1.807) is 12.1 Å². The predicted molar refractivity (Wildman–Crippen MR) is 76.3 cm³/mol. The van der Waals surface area contributed by atoms with Crippen molar-refractivity contribution in [3.63, 3.8) is 0 Å². The number of hydrogen-bond acceptors (Lipinski definition) is 5. The molecule has 0 unspecified atom stereocenters. The zero-order valence-electron chi connectivity index (χ0n) is 12.1. The van der Waals surface area contributed by atoms with Crippen molar-refractivity contribution in [1.82, 2.24) is 0 Å². The van der Waals surface area contributed by atoms with Gasteiger partial charge in [0, 0.05) is 5.69 Å². The third-order valence-corrected chi connectivity index (χ3v) is 2.92. The number of hydrogen-bond donors (Lipinski definition) is 1. The highest BCUT2D eigenvalue weighted by Gasteiger charge is 2.17. The van der Waals surface area contributed by atoms with Crippen LogP contribution in [0.25, 0.3) is 0 Å². The second kappa shape index (κ2) is 6.80. The van der Waals surface area contributed by atoms with Gasteiger partial charge in [-0.3, -0.25) is 0 Å². The van der Waals surface area contributed by atoms with Gasteiger partial charge in [0.15, 0.2) is 0 Å². The number of carbonyl (C=O) groups is 1. The monoisotopic (exact) mass is 276 g/mol. The van der Waals surface area contributed by atoms with Crippen LogP contribution in [0.15, 0.2) is 18.2 Å². The lowest BCUT2D eigenvalue weighted by Gasteiger charge is -2.15. The first-order chi connectivity index (χ1) is 9.39. The van der Waals surface area contributed by atoms with E-state index >= 15 is 0 Å². The normalized spacial score (nSPS) is 10.7. The molecule has 0 saturated heterocycles. The van der Waals surface area contributed by atoms with Crippen LogP contribution in [0.1, 0.15) is 37.0 Å². The summed E-state index contributed by atoms with van der Waals surface area (Å²) in [5.74, 6) is -0.0366. The quantitative estimate of drug-likeness (QED) is 0.490. The van der Waals surface area contributed by atoms with Crippen LogP contribution in [-0.4, -0.2) is 19.7 Å². The average Bonchev–Trinajstić information content (AvgIpc) is 2.44. The third kappa shape index (κ3) is 4.47. The summed E-state index contributed by atoms with van der Waals surface area (Å²) in [6, 6.07) is 7.09. The molecule has 1 aromatic rings. The van der Waals surface area contributed by atoms with E-state index in [0.717, 1.165) is 12.8 Å². The first-order valence-electron chi connectivity index (χ1n) is 6.41. The van der Waals surface area contributed by atoms with E-state index in [-0.39, 0.29) is 5.41 Å². The summed E-state index contributed by atoms with van der Waals surface area (Å²) in [5.41, 5.74) is 6.07. The van der Waals surface area contributed by atoms with Crippen LogP contribution in [0.2, 0.25) is 0 Å². The standard InChI is InChI=1S/C15H20N2O3/c1-15(2,10-16)7-4-8-20-13-6-5-11(17)9-12(13)14(18)19-3/h5-6,9H,4,7-8,17H2,1-3H3. The molecule has 0 amide bonds. The minimum absolute atomic E-state index is 0.312. The zero-order chi connectivity index (χ0) is 15.2. The second-order valence-corrected chi connectivity index (χ2v) is 5.19. The first-order valence-corrected chi connectivity index (χ1v) is 6.41. The van der Waals surface area contributed by atoms with Gasteiger partial charge in [0.25, 0.3) is 0 Å². The van der Waals surface area contributed by atoms with E-state index in [2.05, 4.69) is 6.07 Å². The molecule has 5 heteroatoms. The van der Waals surface area contributed by atoms with Crippen molar-refractivity contribution < 1.29 is 14.3 Å². The summed E-state index contributed by atoms with van der Waals surface area (Å²) in [5, 5.41) is 8.92. The third-order valence-electron chi connectivity index (χ3n) is 2.92. The first kappa shape index (κ1) is 15.8.